The number of halogens is 2. The number of aryl methyl sites for hydroxylation is 1. The molecular formula is C24H20F2N2O4S. The van der Waals surface area contributed by atoms with Crippen LogP contribution >= 0.6 is 11.3 Å². The van der Waals surface area contributed by atoms with Gasteiger partial charge in [0.25, 0.3) is 5.91 Å². The standard InChI is InChI=1S/C24H20F2N2O4S/c25-17-8-6-14(12-18(17)26)7-9-20(29)28-11-10-16-19(13-28)33-23(21(16)24(31)32)27-22(30)15-4-2-1-3-5-15/h1-6,8,12H,7,9-11,13H2,(H,27,30)(H,31,32). The van der Waals surface area contributed by atoms with Crippen molar-refractivity contribution in [2.75, 3.05) is 11.9 Å². The number of thiophene rings is 1. The van der Waals surface area contributed by atoms with Crippen molar-refractivity contribution >= 4 is 34.1 Å². The number of nitrogens with zero attached hydrogens (tertiary/aromatic N) is 1. The number of benzene rings is 2. The molecule has 0 atom stereocenters. The summed E-state index contributed by atoms with van der Waals surface area (Å²) >= 11 is 1.15. The number of anilines is 1. The molecule has 0 spiro atoms. The SMILES string of the molecule is O=C(Nc1sc2c(c1C(=O)O)CCN(C(=O)CCc1ccc(F)c(F)c1)C2)c1ccccc1. The fourth-order valence-corrected chi connectivity index (χ4v) is 5.05. The van der Waals surface area contributed by atoms with Gasteiger partial charge in [-0.25, -0.2) is 13.6 Å². The number of nitrogens with one attached hydrogen (secondary N) is 1. The van der Waals surface area contributed by atoms with E-state index in [0.717, 1.165) is 23.5 Å². The van der Waals surface area contributed by atoms with Gasteiger partial charge in [0.05, 0.1) is 12.1 Å². The molecule has 33 heavy (non-hydrogen) atoms. The van der Waals surface area contributed by atoms with Gasteiger partial charge in [-0.1, -0.05) is 24.3 Å². The summed E-state index contributed by atoms with van der Waals surface area (Å²) in [4.78, 5) is 39.5. The van der Waals surface area contributed by atoms with Crippen LogP contribution in [0, 0.1) is 11.6 Å². The average Bonchev–Trinajstić information content (AvgIpc) is 3.17. The number of amides is 2. The molecule has 2 aromatic carbocycles. The molecule has 3 aromatic rings. The molecule has 2 N–H and O–H groups in total. The molecule has 1 aromatic heterocycles. The van der Waals surface area contributed by atoms with Crippen molar-refractivity contribution in [3.8, 4) is 0 Å². The van der Waals surface area contributed by atoms with E-state index in [1.165, 1.54) is 6.07 Å². The quantitative estimate of drug-likeness (QED) is 0.556. The number of fused-ring (bicyclic) bond motifs is 1. The molecule has 2 heterocycles. The van der Waals surface area contributed by atoms with Crippen LogP contribution in [0.3, 0.4) is 0 Å². The number of carboxylic acid groups (broad SMARTS) is 1. The Bertz CT molecular complexity index is 1230. The Hall–Kier alpha value is -3.59. The van der Waals surface area contributed by atoms with E-state index in [1.54, 1.807) is 35.2 Å². The Morgan fingerprint density at radius 2 is 1.82 bits per heavy atom. The zero-order valence-electron chi connectivity index (χ0n) is 17.4. The first-order chi connectivity index (χ1) is 15.8. The summed E-state index contributed by atoms with van der Waals surface area (Å²) in [6.45, 7) is 0.574. The van der Waals surface area contributed by atoms with Crippen molar-refractivity contribution < 1.29 is 28.3 Å². The Kier molecular flexibility index (Phi) is 6.50. The van der Waals surface area contributed by atoms with Gasteiger partial charge in [-0.05, 0) is 48.2 Å². The molecule has 0 radical (unpaired) electrons. The van der Waals surface area contributed by atoms with Gasteiger partial charge in [0.2, 0.25) is 5.91 Å². The Morgan fingerprint density at radius 1 is 1.06 bits per heavy atom. The van der Waals surface area contributed by atoms with E-state index in [0.29, 0.717) is 34.5 Å². The van der Waals surface area contributed by atoms with Crippen molar-refractivity contribution in [1.82, 2.24) is 4.90 Å². The fraction of sp³-hybridized carbons (Fsp3) is 0.208. The molecule has 6 nitrogen and oxygen atoms in total. The Morgan fingerprint density at radius 3 is 2.52 bits per heavy atom. The number of carbonyl (C=O) groups excluding carboxylic acids is 2. The van der Waals surface area contributed by atoms with E-state index in [4.69, 9.17) is 0 Å². The van der Waals surface area contributed by atoms with Gasteiger partial charge in [0, 0.05) is 23.4 Å². The largest absolute Gasteiger partial charge is 0.478 e. The molecule has 0 unspecified atom stereocenters. The van der Waals surface area contributed by atoms with Gasteiger partial charge < -0.3 is 15.3 Å². The first-order valence-corrected chi connectivity index (χ1v) is 11.1. The maximum absolute atomic E-state index is 13.4. The van der Waals surface area contributed by atoms with Crippen molar-refractivity contribution in [1.29, 1.82) is 0 Å². The summed E-state index contributed by atoms with van der Waals surface area (Å²) in [6, 6.07) is 12.0. The lowest BCUT2D eigenvalue weighted by Gasteiger charge is -2.27. The summed E-state index contributed by atoms with van der Waals surface area (Å²) in [6.07, 6.45) is 0.739. The summed E-state index contributed by atoms with van der Waals surface area (Å²) in [5.74, 6) is -3.58. The minimum absolute atomic E-state index is 0.0631. The van der Waals surface area contributed by atoms with Gasteiger partial charge in [0.1, 0.15) is 5.00 Å². The maximum Gasteiger partial charge on any atom is 0.339 e. The molecule has 2 amide bonds. The molecule has 170 valence electrons. The first kappa shape index (κ1) is 22.6. The first-order valence-electron chi connectivity index (χ1n) is 10.3. The highest BCUT2D eigenvalue weighted by Crippen LogP contribution is 2.37. The van der Waals surface area contributed by atoms with Crippen LogP contribution in [0.25, 0.3) is 0 Å². The van der Waals surface area contributed by atoms with E-state index in [1.807, 2.05) is 0 Å². The molecule has 0 fully saturated rings. The second kappa shape index (κ2) is 9.50. The molecule has 9 heteroatoms. The van der Waals surface area contributed by atoms with E-state index in [2.05, 4.69) is 5.32 Å². The highest BCUT2D eigenvalue weighted by molar-refractivity contribution is 7.17. The summed E-state index contributed by atoms with van der Waals surface area (Å²) in [7, 11) is 0. The van der Waals surface area contributed by atoms with Crippen molar-refractivity contribution in [3.63, 3.8) is 0 Å². The maximum atomic E-state index is 13.4. The second-order valence-corrected chi connectivity index (χ2v) is 8.75. The van der Waals surface area contributed by atoms with Crippen LogP contribution in [0.1, 0.15) is 43.1 Å². The number of aromatic carboxylic acids is 1. The van der Waals surface area contributed by atoms with Gasteiger partial charge in [0.15, 0.2) is 11.6 Å². The third-order valence-corrected chi connectivity index (χ3v) is 6.63. The zero-order chi connectivity index (χ0) is 23.5. The number of carbonyl (C=O) groups is 3. The van der Waals surface area contributed by atoms with Crippen LogP contribution in [0.5, 0.6) is 0 Å². The van der Waals surface area contributed by atoms with Crippen LogP contribution in [0.2, 0.25) is 0 Å². The van der Waals surface area contributed by atoms with Crippen LogP contribution in [0.4, 0.5) is 13.8 Å². The van der Waals surface area contributed by atoms with Gasteiger partial charge in [-0.3, -0.25) is 9.59 Å². The smallest absolute Gasteiger partial charge is 0.339 e. The highest BCUT2D eigenvalue weighted by Gasteiger charge is 2.30. The minimum atomic E-state index is -1.13. The van der Waals surface area contributed by atoms with E-state index in [9.17, 15) is 28.3 Å². The molecule has 0 saturated heterocycles. The summed E-state index contributed by atoms with van der Waals surface area (Å²) in [5.41, 5.74) is 1.62. The van der Waals surface area contributed by atoms with E-state index >= 15 is 0 Å². The van der Waals surface area contributed by atoms with Crippen LogP contribution in [-0.2, 0) is 24.2 Å². The number of rotatable bonds is 6. The van der Waals surface area contributed by atoms with E-state index < -0.39 is 23.5 Å². The van der Waals surface area contributed by atoms with E-state index in [-0.39, 0.29) is 35.9 Å². The lowest BCUT2D eigenvalue weighted by atomic mass is 10.0. The monoisotopic (exact) mass is 470 g/mol. The molecule has 1 aliphatic rings. The third kappa shape index (κ3) is 4.93. The van der Waals surface area contributed by atoms with Gasteiger partial charge in [-0.15, -0.1) is 11.3 Å². The molecule has 0 bridgehead atoms. The Labute approximate surface area is 192 Å². The predicted molar refractivity (Wildman–Crippen MR) is 119 cm³/mol. The predicted octanol–water partition coefficient (Wildman–Crippen LogP) is 4.49. The van der Waals surface area contributed by atoms with Crippen LogP contribution < -0.4 is 5.32 Å². The average molecular weight is 470 g/mol. The normalized spacial score (nSPS) is 12.8. The summed E-state index contributed by atoms with van der Waals surface area (Å²) < 4.78 is 26.5. The zero-order valence-corrected chi connectivity index (χ0v) is 18.3. The lowest BCUT2D eigenvalue weighted by Crippen LogP contribution is -2.35. The molecular weight excluding hydrogens is 450 g/mol. The fourth-order valence-electron chi connectivity index (χ4n) is 3.80. The van der Waals surface area contributed by atoms with Crippen molar-refractivity contribution in [2.24, 2.45) is 0 Å². The van der Waals surface area contributed by atoms with Crippen molar-refractivity contribution in [2.45, 2.75) is 25.8 Å². The van der Waals surface area contributed by atoms with Crippen LogP contribution in [-0.4, -0.2) is 34.3 Å². The van der Waals surface area contributed by atoms with Crippen LogP contribution in [0.15, 0.2) is 48.5 Å². The topological polar surface area (TPSA) is 86.7 Å². The van der Waals surface area contributed by atoms with Gasteiger partial charge >= 0.3 is 5.97 Å². The van der Waals surface area contributed by atoms with Gasteiger partial charge in [-0.2, -0.15) is 0 Å². The lowest BCUT2D eigenvalue weighted by molar-refractivity contribution is -0.132. The number of hydrogen-bond acceptors (Lipinski definition) is 4. The third-order valence-electron chi connectivity index (χ3n) is 5.50. The minimum Gasteiger partial charge on any atom is -0.478 e. The summed E-state index contributed by atoms with van der Waals surface area (Å²) in [5, 5.41) is 12.7. The number of carboxylic acids is 1. The number of hydrogen-bond donors (Lipinski definition) is 2. The molecule has 0 aliphatic carbocycles. The molecule has 0 saturated carbocycles. The Balaban J connectivity index is 1.47. The second-order valence-electron chi connectivity index (χ2n) is 7.65. The highest BCUT2D eigenvalue weighted by atomic mass is 32.1. The molecule has 1 aliphatic heterocycles. The van der Waals surface area contributed by atoms with Crippen molar-refractivity contribution in [3.05, 3.63) is 87.3 Å². The molecule has 4 rings (SSSR count).